The Morgan fingerprint density at radius 2 is 1.82 bits per heavy atom. The Hall–Kier alpha value is -3.98. The van der Waals surface area contributed by atoms with E-state index in [0.717, 1.165) is 23.3 Å². The van der Waals surface area contributed by atoms with Gasteiger partial charge in [-0.05, 0) is 42.0 Å². The van der Waals surface area contributed by atoms with Crippen LogP contribution in [-0.4, -0.2) is 41.5 Å². The van der Waals surface area contributed by atoms with Gasteiger partial charge >= 0.3 is 11.9 Å². The summed E-state index contributed by atoms with van der Waals surface area (Å²) in [7, 11) is 1.27. The van der Waals surface area contributed by atoms with Crippen LogP contribution in [0, 0.1) is 6.92 Å². The Morgan fingerprint density at radius 1 is 1.13 bits per heavy atom. The average Bonchev–Trinajstić information content (AvgIpc) is 3.42. The topological polar surface area (TPSA) is 106 Å². The maximum absolute atomic E-state index is 13.5. The molecule has 1 unspecified atom stereocenters. The van der Waals surface area contributed by atoms with Gasteiger partial charge in [0.15, 0.2) is 5.13 Å². The van der Waals surface area contributed by atoms with E-state index in [1.165, 1.54) is 12.0 Å². The van der Waals surface area contributed by atoms with Gasteiger partial charge in [0, 0.05) is 5.56 Å². The third kappa shape index (κ3) is 5.45. The summed E-state index contributed by atoms with van der Waals surface area (Å²) in [4.78, 5) is 45.2. The highest BCUT2D eigenvalue weighted by Gasteiger charge is 2.48. The lowest BCUT2D eigenvalue weighted by Gasteiger charge is -2.25. The lowest BCUT2D eigenvalue weighted by atomic mass is 9.85. The molecule has 0 saturated carbocycles. The van der Waals surface area contributed by atoms with Gasteiger partial charge in [-0.1, -0.05) is 75.4 Å². The molecule has 2 heterocycles. The van der Waals surface area contributed by atoms with E-state index in [2.05, 4.69) is 25.8 Å². The molecule has 1 amide bonds. The zero-order valence-electron chi connectivity index (χ0n) is 22.9. The van der Waals surface area contributed by atoms with E-state index in [4.69, 9.17) is 9.47 Å². The van der Waals surface area contributed by atoms with Crippen molar-refractivity contribution in [1.29, 1.82) is 0 Å². The van der Waals surface area contributed by atoms with Gasteiger partial charge in [-0.2, -0.15) is 0 Å². The lowest BCUT2D eigenvalue weighted by molar-refractivity contribution is -0.132. The standard InChI is InChI=1S/C30H32N2O6S/c1-7-15-38-21-10-8-9-19(16-21)24(33)22-23(18-11-13-20(14-12-18)30(3,4)5)32(27(35)25(22)34)29-31-17(2)26(39-29)28(36)37-6/h8-14,16,23,33H,7,15H2,1-6H3. The van der Waals surface area contributed by atoms with Crippen molar-refractivity contribution in [2.24, 2.45) is 0 Å². The highest BCUT2D eigenvalue weighted by Crippen LogP contribution is 2.44. The lowest BCUT2D eigenvalue weighted by Crippen LogP contribution is -2.29. The molecule has 1 fully saturated rings. The minimum absolute atomic E-state index is 0.0661. The van der Waals surface area contributed by atoms with Gasteiger partial charge in [0.05, 0.1) is 31.0 Å². The van der Waals surface area contributed by atoms with Crippen molar-refractivity contribution >= 4 is 39.9 Å². The number of amides is 1. The fourth-order valence-electron chi connectivity index (χ4n) is 4.39. The summed E-state index contributed by atoms with van der Waals surface area (Å²) in [5.41, 5.74) is 2.25. The van der Waals surface area contributed by atoms with Crippen LogP contribution in [0.4, 0.5) is 5.13 Å². The van der Waals surface area contributed by atoms with Crippen molar-refractivity contribution in [2.45, 2.75) is 52.5 Å². The van der Waals surface area contributed by atoms with Crippen LogP contribution in [0.25, 0.3) is 5.76 Å². The number of ketones is 1. The summed E-state index contributed by atoms with van der Waals surface area (Å²) in [5, 5.41) is 11.6. The zero-order chi connectivity index (χ0) is 28.5. The third-order valence-corrected chi connectivity index (χ3v) is 7.62. The van der Waals surface area contributed by atoms with Crippen LogP contribution in [0.2, 0.25) is 0 Å². The molecule has 204 valence electrons. The SMILES string of the molecule is CCCOc1cccc(C(O)=C2C(=O)C(=O)N(c3nc(C)c(C(=O)OC)s3)C2c2ccc(C(C)(C)C)cc2)c1. The molecule has 1 saturated heterocycles. The molecule has 0 aliphatic carbocycles. The number of carbonyl (C=O) groups is 3. The molecule has 1 aliphatic heterocycles. The van der Waals surface area contributed by atoms with Crippen molar-refractivity contribution < 1.29 is 29.0 Å². The minimum atomic E-state index is -0.963. The molecular weight excluding hydrogens is 516 g/mol. The van der Waals surface area contributed by atoms with Crippen LogP contribution >= 0.6 is 11.3 Å². The Morgan fingerprint density at radius 3 is 2.44 bits per heavy atom. The Labute approximate surface area is 231 Å². The van der Waals surface area contributed by atoms with Gasteiger partial charge in [0.25, 0.3) is 5.78 Å². The molecule has 1 atom stereocenters. The molecule has 0 radical (unpaired) electrons. The summed E-state index contributed by atoms with van der Waals surface area (Å²) in [5.74, 6) is -2.04. The highest BCUT2D eigenvalue weighted by atomic mass is 32.1. The van der Waals surface area contributed by atoms with Crippen molar-refractivity contribution in [3.8, 4) is 5.75 Å². The van der Waals surface area contributed by atoms with Gasteiger partial charge in [0.1, 0.15) is 16.4 Å². The highest BCUT2D eigenvalue weighted by molar-refractivity contribution is 7.17. The first kappa shape index (κ1) is 28.0. The van der Waals surface area contributed by atoms with E-state index >= 15 is 0 Å². The molecule has 3 aromatic rings. The molecule has 1 aromatic heterocycles. The van der Waals surface area contributed by atoms with Crippen LogP contribution in [0.1, 0.15) is 72.2 Å². The predicted octanol–water partition coefficient (Wildman–Crippen LogP) is 5.95. The summed E-state index contributed by atoms with van der Waals surface area (Å²) in [6.07, 6.45) is 0.812. The number of hydrogen-bond acceptors (Lipinski definition) is 8. The normalized spacial score (nSPS) is 17.0. The van der Waals surface area contributed by atoms with Gasteiger partial charge < -0.3 is 14.6 Å². The van der Waals surface area contributed by atoms with Crippen molar-refractivity contribution in [2.75, 3.05) is 18.6 Å². The van der Waals surface area contributed by atoms with Crippen LogP contribution in [0.3, 0.4) is 0 Å². The first-order valence-corrected chi connectivity index (χ1v) is 13.5. The molecule has 4 rings (SSSR count). The Balaban J connectivity index is 1.90. The van der Waals surface area contributed by atoms with Gasteiger partial charge in [0.2, 0.25) is 0 Å². The van der Waals surface area contributed by atoms with E-state index in [0.29, 0.717) is 29.2 Å². The molecule has 9 heteroatoms. The number of aliphatic hydroxyl groups is 1. The number of benzene rings is 2. The first-order chi connectivity index (χ1) is 18.5. The average molecular weight is 549 g/mol. The van der Waals surface area contributed by atoms with Crippen LogP contribution < -0.4 is 9.64 Å². The van der Waals surface area contributed by atoms with Gasteiger partial charge in [-0.25, -0.2) is 9.78 Å². The smallest absolute Gasteiger partial charge is 0.350 e. The number of anilines is 1. The van der Waals surface area contributed by atoms with Gasteiger partial charge in [-0.15, -0.1) is 0 Å². The molecule has 1 aliphatic rings. The summed E-state index contributed by atoms with van der Waals surface area (Å²) >= 11 is 0.965. The maximum Gasteiger partial charge on any atom is 0.350 e. The monoisotopic (exact) mass is 548 g/mol. The maximum atomic E-state index is 13.5. The Kier molecular flexibility index (Phi) is 7.92. The number of rotatable bonds is 7. The number of aryl methyl sites for hydroxylation is 1. The van der Waals surface area contributed by atoms with Gasteiger partial charge in [-0.3, -0.25) is 14.5 Å². The van der Waals surface area contributed by atoms with Crippen molar-refractivity contribution in [3.05, 3.63) is 81.4 Å². The van der Waals surface area contributed by atoms with E-state index < -0.39 is 23.7 Å². The second-order valence-corrected chi connectivity index (χ2v) is 11.3. The molecule has 39 heavy (non-hydrogen) atoms. The first-order valence-electron chi connectivity index (χ1n) is 12.7. The molecular formula is C30H32N2O6S. The summed E-state index contributed by atoms with van der Waals surface area (Å²) in [6, 6.07) is 13.4. The van der Waals surface area contributed by atoms with E-state index in [-0.39, 0.29) is 26.8 Å². The number of esters is 1. The number of thiazole rings is 1. The van der Waals surface area contributed by atoms with E-state index in [9.17, 15) is 19.5 Å². The largest absolute Gasteiger partial charge is 0.507 e. The van der Waals surface area contributed by atoms with Crippen LogP contribution in [0.5, 0.6) is 5.75 Å². The number of aromatic nitrogens is 1. The fourth-order valence-corrected chi connectivity index (χ4v) is 5.40. The number of aliphatic hydroxyl groups excluding tert-OH is 1. The molecule has 1 N–H and O–H groups in total. The number of nitrogens with zero attached hydrogens (tertiary/aromatic N) is 2. The quantitative estimate of drug-likeness (QED) is 0.168. The van der Waals surface area contributed by atoms with Crippen LogP contribution in [-0.2, 0) is 19.7 Å². The van der Waals surface area contributed by atoms with Crippen LogP contribution in [0.15, 0.2) is 54.1 Å². The predicted molar refractivity (Wildman–Crippen MR) is 150 cm³/mol. The second-order valence-electron chi connectivity index (χ2n) is 10.3. The molecule has 0 spiro atoms. The minimum Gasteiger partial charge on any atom is -0.507 e. The molecule has 2 aromatic carbocycles. The third-order valence-electron chi connectivity index (χ3n) is 6.48. The molecule has 0 bridgehead atoms. The van der Waals surface area contributed by atoms with E-state index in [1.807, 2.05) is 31.2 Å². The Bertz CT molecular complexity index is 1450. The number of Topliss-reactive ketones (excluding diaryl/α,β-unsaturated/α-hetero) is 1. The number of methoxy groups -OCH3 is 1. The molecule has 8 nitrogen and oxygen atoms in total. The van der Waals surface area contributed by atoms with Crippen molar-refractivity contribution in [3.63, 3.8) is 0 Å². The van der Waals surface area contributed by atoms with E-state index in [1.54, 1.807) is 31.2 Å². The fraction of sp³-hybridized carbons (Fsp3) is 0.333. The van der Waals surface area contributed by atoms with Crippen molar-refractivity contribution in [1.82, 2.24) is 4.98 Å². The second kappa shape index (κ2) is 11.0. The number of carbonyl (C=O) groups excluding carboxylic acids is 3. The zero-order valence-corrected chi connectivity index (χ0v) is 23.7. The number of hydrogen-bond donors (Lipinski definition) is 1. The summed E-state index contributed by atoms with van der Waals surface area (Å²) < 4.78 is 10.6. The summed E-state index contributed by atoms with van der Waals surface area (Å²) in [6.45, 7) is 10.4. The number of ether oxygens (including phenoxy) is 2.